The van der Waals surface area contributed by atoms with Gasteiger partial charge in [-0.2, -0.15) is 17.4 Å². The topological polar surface area (TPSA) is 67.9 Å². The maximum atomic E-state index is 12.3. The third-order valence-corrected chi connectivity index (χ3v) is 5.18. The highest BCUT2D eigenvalue weighted by Crippen LogP contribution is 2.24. The summed E-state index contributed by atoms with van der Waals surface area (Å²) in [5, 5.41) is 0. The van der Waals surface area contributed by atoms with Gasteiger partial charge in [-0.3, -0.25) is 0 Å². The zero-order valence-corrected chi connectivity index (χ0v) is 11.9. The average molecular weight is 298 g/mol. The molecular formula is C13H18N2O4S. The lowest BCUT2D eigenvalue weighted by molar-refractivity contribution is 0.0721. The summed E-state index contributed by atoms with van der Waals surface area (Å²) in [6.45, 7) is 2.06. The number of para-hydroxylation sites is 1. The standard InChI is InChI=1S/C13H18N2O4S/c16-20(17,15-5-7-18-8-6-15)14-12-9-11-3-1-2-4-13(11)19-10-12/h1-4,12,14H,5-10H2. The molecule has 0 amide bonds. The largest absolute Gasteiger partial charge is 0.492 e. The first-order valence-corrected chi connectivity index (χ1v) is 8.15. The molecule has 0 bridgehead atoms. The number of fused-ring (bicyclic) bond motifs is 1. The molecule has 0 aromatic heterocycles. The second-order valence-electron chi connectivity index (χ2n) is 4.95. The van der Waals surface area contributed by atoms with Crippen molar-refractivity contribution in [2.45, 2.75) is 12.5 Å². The highest BCUT2D eigenvalue weighted by atomic mass is 32.2. The zero-order valence-electron chi connectivity index (χ0n) is 11.1. The summed E-state index contributed by atoms with van der Waals surface area (Å²) in [5.41, 5.74) is 1.04. The molecule has 2 aliphatic heterocycles. The van der Waals surface area contributed by atoms with E-state index in [0.717, 1.165) is 11.3 Å². The minimum atomic E-state index is -3.46. The van der Waals surface area contributed by atoms with Crippen LogP contribution in [0.4, 0.5) is 0 Å². The van der Waals surface area contributed by atoms with Crippen LogP contribution < -0.4 is 9.46 Å². The van der Waals surface area contributed by atoms with Crippen LogP contribution in [0.1, 0.15) is 5.56 Å². The molecule has 1 fully saturated rings. The molecule has 0 radical (unpaired) electrons. The molecule has 2 heterocycles. The third kappa shape index (κ3) is 2.95. The van der Waals surface area contributed by atoms with E-state index in [9.17, 15) is 8.42 Å². The van der Waals surface area contributed by atoms with Crippen molar-refractivity contribution in [1.82, 2.24) is 9.03 Å². The van der Waals surface area contributed by atoms with Gasteiger partial charge in [-0.05, 0) is 18.1 Å². The second kappa shape index (κ2) is 5.69. The van der Waals surface area contributed by atoms with E-state index in [1.165, 1.54) is 4.31 Å². The Balaban J connectivity index is 1.66. The Labute approximate surface area is 118 Å². The maximum Gasteiger partial charge on any atom is 0.279 e. The van der Waals surface area contributed by atoms with Crippen LogP contribution >= 0.6 is 0 Å². The van der Waals surface area contributed by atoms with E-state index in [1.54, 1.807) is 0 Å². The maximum absolute atomic E-state index is 12.3. The van der Waals surface area contributed by atoms with Crippen molar-refractivity contribution in [3.63, 3.8) is 0 Å². The van der Waals surface area contributed by atoms with Gasteiger partial charge < -0.3 is 9.47 Å². The van der Waals surface area contributed by atoms with Gasteiger partial charge >= 0.3 is 0 Å². The molecule has 7 heteroatoms. The van der Waals surface area contributed by atoms with E-state index in [-0.39, 0.29) is 6.04 Å². The second-order valence-corrected chi connectivity index (χ2v) is 6.66. The van der Waals surface area contributed by atoms with Gasteiger partial charge in [-0.1, -0.05) is 18.2 Å². The molecule has 1 aromatic carbocycles. The van der Waals surface area contributed by atoms with Gasteiger partial charge in [0.05, 0.1) is 19.3 Å². The molecule has 1 saturated heterocycles. The van der Waals surface area contributed by atoms with Crippen LogP contribution in [0.25, 0.3) is 0 Å². The van der Waals surface area contributed by atoms with Crippen LogP contribution in [0.2, 0.25) is 0 Å². The minimum absolute atomic E-state index is 0.224. The first kappa shape index (κ1) is 13.8. The molecule has 0 saturated carbocycles. The summed E-state index contributed by atoms with van der Waals surface area (Å²) in [6, 6.07) is 7.49. The van der Waals surface area contributed by atoms with Crippen LogP contribution in [0.5, 0.6) is 5.75 Å². The van der Waals surface area contributed by atoms with Crippen molar-refractivity contribution in [3.05, 3.63) is 29.8 Å². The number of hydrogen-bond donors (Lipinski definition) is 1. The van der Waals surface area contributed by atoms with Crippen LogP contribution in [-0.4, -0.2) is 51.7 Å². The van der Waals surface area contributed by atoms with Gasteiger partial charge in [0.25, 0.3) is 10.2 Å². The summed E-state index contributed by atoms with van der Waals surface area (Å²) in [5.74, 6) is 0.842. The molecule has 6 nitrogen and oxygen atoms in total. The van der Waals surface area contributed by atoms with Gasteiger partial charge in [0.2, 0.25) is 0 Å². The summed E-state index contributed by atoms with van der Waals surface area (Å²) in [6.07, 6.45) is 0.653. The number of morpholine rings is 1. The van der Waals surface area contributed by atoms with Crippen molar-refractivity contribution in [3.8, 4) is 5.75 Å². The Kier molecular flexibility index (Phi) is 3.93. The molecule has 1 aromatic rings. The molecule has 110 valence electrons. The van der Waals surface area contributed by atoms with E-state index in [1.807, 2.05) is 24.3 Å². The highest BCUT2D eigenvalue weighted by molar-refractivity contribution is 7.87. The lowest BCUT2D eigenvalue weighted by Crippen LogP contribution is -2.52. The van der Waals surface area contributed by atoms with Gasteiger partial charge in [-0.25, -0.2) is 0 Å². The van der Waals surface area contributed by atoms with Crippen molar-refractivity contribution in [1.29, 1.82) is 0 Å². The van der Waals surface area contributed by atoms with Crippen molar-refractivity contribution >= 4 is 10.2 Å². The third-order valence-electron chi connectivity index (χ3n) is 3.50. The number of ether oxygens (including phenoxy) is 2. The Hall–Kier alpha value is -1.15. The van der Waals surface area contributed by atoms with E-state index in [0.29, 0.717) is 39.3 Å². The molecule has 1 unspecified atom stereocenters. The van der Waals surface area contributed by atoms with Crippen molar-refractivity contribution < 1.29 is 17.9 Å². The van der Waals surface area contributed by atoms with E-state index >= 15 is 0 Å². The molecular weight excluding hydrogens is 280 g/mol. The van der Waals surface area contributed by atoms with E-state index in [4.69, 9.17) is 9.47 Å². The smallest absolute Gasteiger partial charge is 0.279 e. The average Bonchev–Trinajstić information content (AvgIpc) is 2.48. The van der Waals surface area contributed by atoms with Crippen LogP contribution in [-0.2, 0) is 21.4 Å². The van der Waals surface area contributed by atoms with Crippen molar-refractivity contribution in [2.75, 3.05) is 32.9 Å². The lowest BCUT2D eigenvalue weighted by Gasteiger charge is -2.30. The Morgan fingerprint density at radius 1 is 1.20 bits per heavy atom. The summed E-state index contributed by atoms with van der Waals surface area (Å²) in [7, 11) is -3.46. The molecule has 3 rings (SSSR count). The van der Waals surface area contributed by atoms with Crippen molar-refractivity contribution in [2.24, 2.45) is 0 Å². The van der Waals surface area contributed by atoms with Gasteiger partial charge in [0, 0.05) is 13.1 Å². The minimum Gasteiger partial charge on any atom is -0.492 e. The van der Waals surface area contributed by atoms with E-state index in [2.05, 4.69) is 4.72 Å². The Morgan fingerprint density at radius 3 is 2.75 bits per heavy atom. The van der Waals surface area contributed by atoms with Crippen LogP contribution in [0, 0.1) is 0 Å². The fourth-order valence-electron chi connectivity index (χ4n) is 2.48. The van der Waals surface area contributed by atoms with Crippen LogP contribution in [0.15, 0.2) is 24.3 Å². The SMILES string of the molecule is O=S(=O)(NC1COc2ccccc2C1)N1CCOCC1. The molecule has 20 heavy (non-hydrogen) atoms. The van der Waals surface area contributed by atoms with Gasteiger partial charge in [-0.15, -0.1) is 0 Å². The van der Waals surface area contributed by atoms with Gasteiger partial charge in [0.1, 0.15) is 12.4 Å². The highest BCUT2D eigenvalue weighted by Gasteiger charge is 2.29. The summed E-state index contributed by atoms with van der Waals surface area (Å²) < 4.78 is 39.5. The first-order chi connectivity index (χ1) is 9.65. The number of hydrogen-bond acceptors (Lipinski definition) is 4. The van der Waals surface area contributed by atoms with Crippen LogP contribution in [0.3, 0.4) is 0 Å². The number of benzene rings is 1. The summed E-state index contributed by atoms with van der Waals surface area (Å²) in [4.78, 5) is 0. The van der Waals surface area contributed by atoms with Gasteiger partial charge in [0.15, 0.2) is 0 Å². The Bertz CT molecular complexity index is 569. The lowest BCUT2D eigenvalue weighted by atomic mass is 10.0. The fraction of sp³-hybridized carbons (Fsp3) is 0.538. The number of nitrogens with zero attached hydrogens (tertiary/aromatic N) is 1. The molecule has 1 atom stereocenters. The predicted molar refractivity (Wildman–Crippen MR) is 73.9 cm³/mol. The number of rotatable bonds is 3. The summed E-state index contributed by atoms with van der Waals surface area (Å²) >= 11 is 0. The predicted octanol–water partition coefficient (Wildman–Crippen LogP) is 0.157. The fourth-order valence-corrected chi connectivity index (χ4v) is 3.83. The monoisotopic (exact) mass is 298 g/mol. The Morgan fingerprint density at radius 2 is 1.95 bits per heavy atom. The zero-order chi connectivity index (χ0) is 14.0. The van der Waals surface area contributed by atoms with E-state index < -0.39 is 10.2 Å². The quantitative estimate of drug-likeness (QED) is 0.863. The molecule has 0 spiro atoms. The molecule has 0 aliphatic carbocycles. The first-order valence-electron chi connectivity index (χ1n) is 6.71. The molecule has 1 N–H and O–H groups in total. The number of nitrogens with one attached hydrogen (secondary N) is 1. The molecule has 2 aliphatic rings. The normalized spacial score (nSPS) is 23.9.